The van der Waals surface area contributed by atoms with E-state index in [0.717, 1.165) is 12.0 Å². The van der Waals surface area contributed by atoms with Crippen LogP contribution < -0.4 is 11.1 Å². The van der Waals surface area contributed by atoms with Crippen molar-refractivity contribution in [2.75, 3.05) is 25.0 Å². The van der Waals surface area contributed by atoms with Crippen molar-refractivity contribution in [2.45, 2.75) is 13.0 Å². The van der Waals surface area contributed by atoms with Gasteiger partial charge in [-0.25, -0.2) is 4.79 Å². The van der Waals surface area contributed by atoms with Gasteiger partial charge in [-0.1, -0.05) is 36.4 Å². The standard InChI is InChI=1S/C20H23N3O3/c21-20(25)22-18-8-4-7-17(11-18)19(24)23-10-9-16(12-23)14-26-13-15-5-2-1-3-6-15/h1-8,11,16H,9-10,12-14H2,(H3,21,22,25). The third-order valence-corrected chi connectivity index (χ3v) is 4.42. The lowest BCUT2D eigenvalue weighted by Crippen LogP contribution is -2.29. The van der Waals surface area contributed by atoms with Crippen LogP contribution in [0.4, 0.5) is 10.5 Å². The molecule has 0 spiro atoms. The van der Waals surface area contributed by atoms with Gasteiger partial charge in [0.05, 0.1) is 13.2 Å². The summed E-state index contributed by atoms with van der Waals surface area (Å²) in [6.45, 7) is 2.63. The molecule has 3 N–H and O–H groups in total. The van der Waals surface area contributed by atoms with Crippen molar-refractivity contribution in [3.05, 3.63) is 65.7 Å². The predicted octanol–water partition coefficient (Wildman–Crippen LogP) is 2.86. The lowest BCUT2D eigenvalue weighted by molar-refractivity contribution is 0.0733. The van der Waals surface area contributed by atoms with Crippen LogP contribution in [0, 0.1) is 5.92 Å². The smallest absolute Gasteiger partial charge is 0.316 e. The molecule has 2 aromatic carbocycles. The maximum absolute atomic E-state index is 12.7. The molecule has 1 saturated heterocycles. The Morgan fingerprint density at radius 1 is 1.15 bits per heavy atom. The second-order valence-corrected chi connectivity index (χ2v) is 6.48. The first-order chi connectivity index (χ1) is 12.6. The number of primary amides is 1. The monoisotopic (exact) mass is 353 g/mol. The van der Waals surface area contributed by atoms with Gasteiger partial charge in [0.15, 0.2) is 0 Å². The molecule has 2 aromatic rings. The zero-order valence-corrected chi connectivity index (χ0v) is 14.6. The Kier molecular flexibility index (Phi) is 5.86. The van der Waals surface area contributed by atoms with Crippen LogP contribution in [-0.2, 0) is 11.3 Å². The van der Waals surface area contributed by atoms with Gasteiger partial charge >= 0.3 is 6.03 Å². The van der Waals surface area contributed by atoms with Crippen molar-refractivity contribution >= 4 is 17.6 Å². The normalized spacial score (nSPS) is 16.5. The summed E-state index contributed by atoms with van der Waals surface area (Å²) >= 11 is 0. The Morgan fingerprint density at radius 2 is 1.96 bits per heavy atom. The molecule has 1 heterocycles. The molecular weight excluding hydrogens is 330 g/mol. The molecule has 0 bridgehead atoms. The number of nitrogens with two attached hydrogens (primary N) is 1. The SMILES string of the molecule is NC(=O)Nc1cccc(C(=O)N2CCC(COCc3ccccc3)C2)c1. The van der Waals surface area contributed by atoms with E-state index in [1.807, 2.05) is 35.2 Å². The molecule has 1 aliphatic heterocycles. The van der Waals surface area contributed by atoms with Crippen LogP contribution in [0.1, 0.15) is 22.3 Å². The van der Waals surface area contributed by atoms with E-state index in [9.17, 15) is 9.59 Å². The van der Waals surface area contributed by atoms with Crippen LogP contribution in [0.15, 0.2) is 54.6 Å². The van der Waals surface area contributed by atoms with Gasteiger partial charge in [0, 0.05) is 30.3 Å². The van der Waals surface area contributed by atoms with E-state index < -0.39 is 6.03 Å². The topological polar surface area (TPSA) is 84.7 Å². The predicted molar refractivity (Wildman–Crippen MR) is 99.8 cm³/mol. The minimum Gasteiger partial charge on any atom is -0.376 e. The van der Waals surface area contributed by atoms with Crippen LogP contribution in [0.25, 0.3) is 0 Å². The number of rotatable bonds is 6. The number of nitrogens with one attached hydrogen (secondary N) is 1. The highest BCUT2D eigenvalue weighted by atomic mass is 16.5. The fraction of sp³-hybridized carbons (Fsp3) is 0.300. The molecule has 3 rings (SSSR count). The lowest BCUT2D eigenvalue weighted by Gasteiger charge is -2.17. The molecule has 1 fully saturated rings. The summed E-state index contributed by atoms with van der Waals surface area (Å²) in [5, 5.41) is 2.49. The number of carbonyl (C=O) groups excluding carboxylic acids is 2. The molecule has 6 heteroatoms. The van der Waals surface area contributed by atoms with Crippen molar-refractivity contribution < 1.29 is 14.3 Å². The largest absolute Gasteiger partial charge is 0.376 e. The number of hydrogen-bond acceptors (Lipinski definition) is 3. The van der Waals surface area contributed by atoms with Crippen molar-refractivity contribution in [2.24, 2.45) is 11.7 Å². The molecule has 0 aliphatic carbocycles. The summed E-state index contributed by atoms with van der Waals surface area (Å²) in [6, 6.07) is 16.2. The van der Waals surface area contributed by atoms with Gasteiger partial charge in [-0.05, 0) is 30.2 Å². The summed E-state index contributed by atoms with van der Waals surface area (Å²) in [5.41, 5.74) is 7.33. The van der Waals surface area contributed by atoms with Crippen LogP contribution in [0.2, 0.25) is 0 Å². The van der Waals surface area contributed by atoms with E-state index in [2.05, 4.69) is 5.32 Å². The Morgan fingerprint density at radius 3 is 2.73 bits per heavy atom. The summed E-state index contributed by atoms with van der Waals surface area (Å²) in [6.07, 6.45) is 0.930. The van der Waals surface area contributed by atoms with Crippen molar-refractivity contribution in [1.29, 1.82) is 0 Å². The first kappa shape index (κ1) is 17.9. The second kappa shape index (κ2) is 8.49. The molecule has 3 amide bonds. The molecular formula is C20H23N3O3. The van der Waals surface area contributed by atoms with Crippen molar-refractivity contribution in [1.82, 2.24) is 4.90 Å². The van der Waals surface area contributed by atoms with Gasteiger partial charge < -0.3 is 20.7 Å². The highest BCUT2D eigenvalue weighted by Crippen LogP contribution is 2.21. The zero-order valence-electron chi connectivity index (χ0n) is 14.6. The number of urea groups is 1. The van der Waals surface area contributed by atoms with E-state index in [-0.39, 0.29) is 5.91 Å². The molecule has 6 nitrogen and oxygen atoms in total. The number of nitrogens with zero attached hydrogens (tertiary/aromatic N) is 1. The van der Waals surface area contributed by atoms with Gasteiger partial charge in [-0.15, -0.1) is 0 Å². The number of amides is 3. The van der Waals surface area contributed by atoms with Gasteiger partial charge in [0.1, 0.15) is 0 Å². The second-order valence-electron chi connectivity index (χ2n) is 6.48. The summed E-state index contributed by atoms with van der Waals surface area (Å²) in [4.78, 5) is 25.5. The molecule has 136 valence electrons. The quantitative estimate of drug-likeness (QED) is 0.837. The fourth-order valence-corrected chi connectivity index (χ4v) is 3.13. The average molecular weight is 353 g/mol. The van der Waals surface area contributed by atoms with Crippen LogP contribution in [0.3, 0.4) is 0 Å². The van der Waals surface area contributed by atoms with Gasteiger partial charge in [-0.2, -0.15) is 0 Å². The van der Waals surface area contributed by atoms with Crippen LogP contribution in [-0.4, -0.2) is 36.5 Å². The maximum atomic E-state index is 12.7. The molecule has 26 heavy (non-hydrogen) atoms. The van der Waals surface area contributed by atoms with E-state index >= 15 is 0 Å². The minimum absolute atomic E-state index is 0.0383. The number of anilines is 1. The molecule has 1 atom stereocenters. The molecule has 0 radical (unpaired) electrons. The van der Waals surface area contributed by atoms with Crippen molar-refractivity contribution in [3.63, 3.8) is 0 Å². The Balaban J connectivity index is 1.50. The maximum Gasteiger partial charge on any atom is 0.316 e. The van der Waals surface area contributed by atoms with Gasteiger partial charge in [-0.3, -0.25) is 4.79 Å². The number of likely N-dealkylation sites (tertiary alicyclic amines) is 1. The van der Waals surface area contributed by atoms with Crippen LogP contribution >= 0.6 is 0 Å². The Bertz CT molecular complexity index is 764. The summed E-state index contributed by atoms with van der Waals surface area (Å²) in [5.74, 6) is 0.304. The minimum atomic E-state index is -0.647. The number of ether oxygens (including phenoxy) is 1. The number of hydrogen-bond donors (Lipinski definition) is 2. The third kappa shape index (κ3) is 4.83. The van der Waals surface area contributed by atoms with E-state index in [1.165, 1.54) is 0 Å². The average Bonchev–Trinajstić information content (AvgIpc) is 3.10. The molecule has 0 saturated carbocycles. The number of benzene rings is 2. The molecule has 1 aliphatic rings. The fourth-order valence-electron chi connectivity index (χ4n) is 3.13. The van der Waals surface area contributed by atoms with Crippen LogP contribution in [0.5, 0.6) is 0 Å². The lowest BCUT2D eigenvalue weighted by atomic mass is 10.1. The Labute approximate surface area is 152 Å². The first-order valence-electron chi connectivity index (χ1n) is 8.69. The first-order valence-corrected chi connectivity index (χ1v) is 8.69. The zero-order chi connectivity index (χ0) is 18.4. The van der Waals surface area contributed by atoms with Gasteiger partial charge in [0.2, 0.25) is 0 Å². The van der Waals surface area contributed by atoms with E-state index in [1.54, 1.807) is 24.3 Å². The third-order valence-electron chi connectivity index (χ3n) is 4.42. The van der Waals surface area contributed by atoms with Crippen molar-refractivity contribution in [3.8, 4) is 0 Å². The highest BCUT2D eigenvalue weighted by Gasteiger charge is 2.27. The molecule has 0 aromatic heterocycles. The highest BCUT2D eigenvalue weighted by molar-refractivity contribution is 5.96. The summed E-state index contributed by atoms with van der Waals surface area (Å²) < 4.78 is 5.80. The molecule has 1 unspecified atom stereocenters. The summed E-state index contributed by atoms with van der Waals surface area (Å²) in [7, 11) is 0. The van der Waals surface area contributed by atoms with E-state index in [0.29, 0.717) is 43.5 Å². The van der Waals surface area contributed by atoms with Gasteiger partial charge in [0.25, 0.3) is 5.91 Å². The Hall–Kier alpha value is -2.86. The number of carbonyl (C=O) groups is 2. The van der Waals surface area contributed by atoms with E-state index in [4.69, 9.17) is 10.5 Å².